The summed E-state index contributed by atoms with van der Waals surface area (Å²) in [5, 5.41) is 17.7. The Morgan fingerprint density at radius 2 is 2.00 bits per heavy atom. The Morgan fingerprint density at radius 1 is 1.16 bits per heavy atom. The van der Waals surface area contributed by atoms with Crippen molar-refractivity contribution in [1.29, 1.82) is 0 Å². The van der Waals surface area contributed by atoms with E-state index in [0.29, 0.717) is 28.9 Å². The molecule has 0 saturated carbocycles. The fourth-order valence-electron chi connectivity index (χ4n) is 4.47. The molecule has 0 amide bonds. The molecule has 2 aromatic heterocycles. The van der Waals surface area contributed by atoms with Crippen LogP contribution in [-0.4, -0.2) is 49.8 Å². The fraction of sp³-hybridized carbons (Fsp3) is 0.280. The van der Waals surface area contributed by atoms with Gasteiger partial charge in [0.25, 0.3) is 0 Å². The molecule has 6 nitrogen and oxygen atoms in total. The molecule has 3 N–H and O–H groups in total. The van der Waals surface area contributed by atoms with E-state index in [-0.39, 0.29) is 17.1 Å². The van der Waals surface area contributed by atoms with E-state index in [1.807, 2.05) is 19.2 Å². The number of phenols is 1. The third-order valence-electron chi connectivity index (χ3n) is 6.11. The first-order valence-electron chi connectivity index (χ1n) is 11.0. The van der Waals surface area contributed by atoms with E-state index in [4.69, 9.17) is 0 Å². The highest BCUT2D eigenvalue weighted by Crippen LogP contribution is 2.35. The molecule has 1 aliphatic rings. The number of rotatable bonds is 6. The average Bonchev–Trinajstić information content (AvgIpc) is 3.53. The average molecular weight is 432 g/mol. The van der Waals surface area contributed by atoms with E-state index < -0.39 is 0 Å². The van der Waals surface area contributed by atoms with Gasteiger partial charge in [0.2, 0.25) is 0 Å². The number of hydrogen-bond acceptors (Lipinski definition) is 4. The van der Waals surface area contributed by atoms with Crippen LogP contribution in [0, 0.1) is 5.82 Å². The molecule has 0 unspecified atom stereocenters. The van der Waals surface area contributed by atoms with Crippen molar-refractivity contribution in [2.45, 2.75) is 26.7 Å². The third-order valence-corrected chi connectivity index (χ3v) is 6.11. The fourth-order valence-corrected chi connectivity index (χ4v) is 4.47. The maximum absolute atomic E-state index is 15.5. The molecular formula is C25H26FN5O. The minimum atomic E-state index is -0.383. The highest BCUT2D eigenvalue weighted by molar-refractivity contribution is 5.95. The molecular weight excluding hydrogens is 405 g/mol. The van der Waals surface area contributed by atoms with Crippen LogP contribution in [0.2, 0.25) is 0 Å². The number of aromatic amines is 2. The number of nitrogens with zero attached hydrogens (tertiary/aromatic N) is 3. The molecule has 164 valence electrons. The lowest BCUT2D eigenvalue weighted by Gasteiger charge is -2.13. The number of nitrogens with one attached hydrogen (secondary N) is 2. The number of aryl methyl sites for hydroxylation is 1. The first kappa shape index (κ1) is 20.5. The normalized spacial score (nSPS) is 14.4. The number of H-pyrrole nitrogens is 2. The summed E-state index contributed by atoms with van der Waals surface area (Å²) in [4.78, 5) is 10.3. The summed E-state index contributed by atoms with van der Waals surface area (Å²) < 4.78 is 15.5. The molecule has 0 atom stereocenters. The van der Waals surface area contributed by atoms with Crippen molar-refractivity contribution >= 4 is 16.5 Å². The summed E-state index contributed by atoms with van der Waals surface area (Å²) in [6, 6.07) is 8.66. The second-order valence-electron chi connectivity index (χ2n) is 8.23. The van der Waals surface area contributed by atoms with Crippen LogP contribution in [0.1, 0.15) is 31.5 Å². The van der Waals surface area contributed by atoms with Gasteiger partial charge in [-0.2, -0.15) is 5.10 Å². The number of aromatic hydroxyl groups is 1. The van der Waals surface area contributed by atoms with Gasteiger partial charge in [-0.05, 0) is 54.3 Å². The van der Waals surface area contributed by atoms with Gasteiger partial charge < -0.3 is 10.1 Å². The second kappa shape index (κ2) is 8.24. The van der Waals surface area contributed by atoms with Gasteiger partial charge in [0.05, 0.1) is 11.9 Å². The zero-order valence-electron chi connectivity index (χ0n) is 18.2. The maximum atomic E-state index is 15.5. The summed E-state index contributed by atoms with van der Waals surface area (Å²) in [5.41, 5.74) is 5.28. The van der Waals surface area contributed by atoms with E-state index in [1.165, 1.54) is 5.57 Å². The lowest BCUT2D eigenvalue weighted by Crippen LogP contribution is -2.21. The molecule has 0 fully saturated rings. The van der Waals surface area contributed by atoms with Crippen LogP contribution in [0.25, 0.3) is 39.1 Å². The van der Waals surface area contributed by atoms with Crippen molar-refractivity contribution < 1.29 is 9.50 Å². The van der Waals surface area contributed by atoms with Crippen LogP contribution >= 0.6 is 0 Å². The molecule has 7 heteroatoms. The van der Waals surface area contributed by atoms with Gasteiger partial charge in [-0.3, -0.25) is 10.00 Å². The minimum absolute atomic E-state index is 0.179. The number of halogens is 1. The Bertz CT molecular complexity index is 1320. The van der Waals surface area contributed by atoms with E-state index in [2.05, 4.69) is 38.1 Å². The van der Waals surface area contributed by atoms with Crippen LogP contribution in [0.3, 0.4) is 0 Å². The predicted octanol–water partition coefficient (Wildman–Crippen LogP) is 5.14. The van der Waals surface area contributed by atoms with Gasteiger partial charge in [-0.15, -0.1) is 0 Å². The zero-order valence-corrected chi connectivity index (χ0v) is 18.2. The largest absolute Gasteiger partial charge is 0.508 e. The summed E-state index contributed by atoms with van der Waals surface area (Å²) in [6.45, 7) is 7.11. The molecule has 0 radical (unpaired) electrons. The van der Waals surface area contributed by atoms with Crippen LogP contribution in [0.4, 0.5) is 4.39 Å². The highest BCUT2D eigenvalue weighted by atomic mass is 19.1. The second-order valence-corrected chi connectivity index (χ2v) is 8.23. The number of phenolic OH excluding ortho intramolecular Hbond substituents is 1. The van der Waals surface area contributed by atoms with E-state index in [0.717, 1.165) is 42.9 Å². The van der Waals surface area contributed by atoms with Crippen molar-refractivity contribution in [1.82, 2.24) is 25.1 Å². The van der Waals surface area contributed by atoms with E-state index in [9.17, 15) is 5.11 Å². The Balaban J connectivity index is 1.49. The lowest BCUT2D eigenvalue weighted by atomic mass is 9.96. The predicted molar refractivity (Wildman–Crippen MR) is 125 cm³/mol. The summed E-state index contributed by atoms with van der Waals surface area (Å²) in [5.74, 6) is 0.437. The number of hydrogen-bond donors (Lipinski definition) is 3. The van der Waals surface area contributed by atoms with E-state index in [1.54, 1.807) is 24.3 Å². The molecule has 0 spiro atoms. The quantitative estimate of drug-likeness (QED) is 0.395. The van der Waals surface area contributed by atoms with Gasteiger partial charge in [0.15, 0.2) is 11.6 Å². The summed E-state index contributed by atoms with van der Waals surface area (Å²) in [7, 11) is 0. The van der Waals surface area contributed by atoms with Gasteiger partial charge in [-0.1, -0.05) is 32.1 Å². The van der Waals surface area contributed by atoms with Gasteiger partial charge in [0, 0.05) is 24.0 Å². The molecule has 0 aliphatic carbocycles. The van der Waals surface area contributed by atoms with Gasteiger partial charge >= 0.3 is 0 Å². The number of fused-ring (bicyclic) bond motifs is 1. The highest BCUT2D eigenvalue weighted by Gasteiger charge is 2.20. The van der Waals surface area contributed by atoms with Crippen LogP contribution < -0.4 is 0 Å². The van der Waals surface area contributed by atoms with Gasteiger partial charge in [0.1, 0.15) is 17.0 Å². The molecule has 3 heterocycles. The van der Waals surface area contributed by atoms with Crippen molar-refractivity contribution in [3.8, 4) is 28.4 Å². The number of benzene rings is 2. The zero-order chi connectivity index (χ0) is 22.2. The molecule has 1 aliphatic heterocycles. The van der Waals surface area contributed by atoms with Crippen molar-refractivity contribution in [3.63, 3.8) is 0 Å². The maximum Gasteiger partial charge on any atom is 0.159 e. The molecule has 0 bridgehead atoms. The van der Waals surface area contributed by atoms with Crippen LogP contribution in [-0.2, 0) is 6.42 Å². The Hall–Kier alpha value is -3.45. The Labute approximate surface area is 185 Å². The monoisotopic (exact) mass is 431 g/mol. The first-order valence-corrected chi connectivity index (χ1v) is 11.0. The summed E-state index contributed by atoms with van der Waals surface area (Å²) >= 11 is 0. The van der Waals surface area contributed by atoms with Crippen LogP contribution in [0.5, 0.6) is 5.75 Å². The topological polar surface area (TPSA) is 80.8 Å². The Morgan fingerprint density at radius 3 is 2.81 bits per heavy atom. The first-order chi connectivity index (χ1) is 15.6. The number of aromatic nitrogens is 4. The molecule has 5 rings (SSSR count). The third kappa shape index (κ3) is 3.48. The van der Waals surface area contributed by atoms with Crippen molar-refractivity contribution in [2.75, 3.05) is 19.6 Å². The number of imidazole rings is 1. The van der Waals surface area contributed by atoms with Crippen molar-refractivity contribution in [3.05, 3.63) is 59.7 Å². The molecule has 2 aromatic carbocycles. The van der Waals surface area contributed by atoms with Gasteiger partial charge in [-0.25, -0.2) is 9.37 Å². The minimum Gasteiger partial charge on any atom is -0.508 e. The standard InChI is InChI=1S/C25H26FN5O/c1-3-10-31-11-9-16(14-31)21-13-27-25(28-21)24-20-8-7-19(22(26)23(20)29-30-24)18-6-5-17(32)12-15(18)4-2/h5-9,12-13,32H,3-4,10-11,14H2,1-2H3,(H,27,28)(H,29,30). The molecule has 4 aromatic rings. The summed E-state index contributed by atoms with van der Waals surface area (Å²) in [6.07, 6.45) is 5.88. The van der Waals surface area contributed by atoms with E-state index >= 15 is 4.39 Å². The SMILES string of the molecule is CCCN1CC=C(c2cnc(-c3[nH]nc4c(F)c(-c5ccc(O)cc5CC)ccc34)[nH]2)C1. The molecule has 32 heavy (non-hydrogen) atoms. The van der Waals surface area contributed by atoms with Crippen LogP contribution in [0.15, 0.2) is 42.6 Å². The van der Waals surface area contributed by atoms with Crippen molar-refractivity contribution in [2.24, 2.45) is 0 Å². The smallest absolute Gasteiger partial charge is 0.159 e. The lowest BCUT2D eigenvalue weighted by molar-refractivity contribution is 0.356. The molecule has 0 saturated heterocycles. The Kier molecular flexibility index (Phi) is 5.27.